The monoisotopic (exact) mass is 251 g/mol. The van der Waals surface area contributed by atoms with Crippen LogP contribution in [0.15, 0.2) is 28.7 Å². The first-order valence-electron chi connectivity index (χ1n) is 5.00. The van der Waals surface area contributed by atoms with Gasteiger partial charge in [-0.3, -0.25) is 4.79 Å². The van der Waals surface area contributed by atoms with Crippen LogP contribution in [0.2, 0.25) is 5.02 Å². The number of hydrogen-bond acceptors (Lipinski definition) is 3. The van der Waals surface area contributed by atoms with Gasteiger partial charge in [0.15, 0.2) is 5.89 Å². The Labute approximate surface area is 103 Å². The predicted octanol–water partition coefficient (Wildman–Crippen LogP) is 2.93. The van der Waals surface area contributed by atoms with Crippen LogP contribution < -0.4 is 0 Å². The lowest BCUT2D eigenvalue weighted by molar-refractivity contribution is -0.136. The fourth-order valence-corrected chi connectivity index (χ4v) is 1.69. The van der Waals surface area contributed by atoms with E-state index in [9.17, 15) is 4.79 Å². The van der Waals surface area contributed by atoms with Crippen molar-refractivity contribution < 1.29 is 14.3 Å². The Hall–Kier alpha value is -1.81. The number of halogens is 1. The van der Waals surface area contributed by atoms with Gasteiger partial charge in [-0.15, -0.1) is 0 Å². The molecule has 0 radical (unpaired) electrons. The summed E-state index contributed by atoms with van der Waals surface area (Å²) in [5.41, 5.74) is 1.35. The van der Waals surface area contributed by atoms with Crippen molar-refractivity contribution in [2.75, 3.05) is 0 Å². The predicted molar refractivity (Wildman–Crippen MR) is 63.0 cm³/mol. The summed E-state index contributed by atoms with van der Waals surface area (Å²) in [5, 5.41) is 9.40. The van der Waals surface area contributed by atoms with Gasteiger partial charge in [0.1, 0.15) is 17.9 Å². The second-order valence-electron chi connectivity index (χ2n) is 3.58. The standard InChI is InChI=1S/C12H10ClNO3/c1-7-14-12(10(17-7)6-11(15)16)8-2-4-9(13)5-3-8/h2-5H,6H2,1H3,(H,15,16). The van der Waals surface area contributed by atoms with E-state index in [-0.39, 0.29) is 6.42 Å². The van der Waals surface area contributed by atoms with Crippen molar-refractivity contribution in [2.24, 2.45) is 0 Å². The van der Waals surface area contributed by atoms with Gasteiger partial charge >= 0.3 is 5.97 Å². The smallest absolute Gasteiger partial charge is 0.311 e. The van der Waals surface area contributed by atoms with Gasteiger partial charge in [-0.25, -0.2) is 4.98 Å². The molecule has 1 N–H and O–H groups in total. The van der Waals surface area contributed by atoms with E-state index in [0.717, 1.165) is 5.56 Å². The van der Waals surface area contributed by atoms with E-state index in [1.165, 1.54) is 0 Å². The highest BCUT2D eigenvalue weighted by atomic mass is 35.5. The lowest BCUT2D eigenvalue weighted by Gasteiger charge is -1.99. The average molecular weight is 252 g/mol. The third kappa shape index (κ3) is 2.65. The third-order valence-electron chi connectivity index (χ3n) is 2.23. The van der Waals surface area contributed by atoms with E-state index in [2.05, 4.69) is 4.98 Å². The quantitative estimate of drug-likeness (QED) is 0.911. The summed E-state index contributed by atoms with van der Waals surface area (Å²) >= 11 is 5.79. The zero-order valence-corrected chi connectivity index (χ0v) is 9.86. The Bertz CT molecular complexity index is 545. The van der Waals surface area contributed by atoms with Gasteiger partial charge in [0.2, 0.25) is 0 Å². The number of nitrogens with zero attached hydrogens (tertiary/aromatic N) is 1. The van der Waals surface area contributed by atoms with E-state index in [0.29, 0.717) is 22.4 Å². The zero-order valence-electron chi connectivity index (χ0n) is 9.11. The summed E-state index contributed by atoms with van der Waals surface area (Å²) in [4.78, 5) is 14.9. The molecular weight excluding hydrogens is 242 g/mol. The fraction of sp³-hybridized carbons (Fsp3) is 0.167. The van der Waals surface area contributed by atoms with Crippen LogP contribution in [0.5, 0.6) is 0 Å². The summed E-state index contributed by atoms with van der Waals surface area (Å²) in [5.74, 6) is -0.139. The zero-order chi connectivity index (χ0) is 12.4. The molecule has 2 aromatic rings. The number of hydrogen-bond donors (Lipinski definition) is 1. The normalized spacial score (nSPS) is 10.5. The molecule has 0 saturated carbocycles. The van der Waals surface area contributed by atoms with Crippen molar-refractivity contribution in [1.29, 1.82) is 0 Å². The molecule has 0 spiro atoms. The van der Waals surface area contributed by atoms with Crippen molar-refractivity contribution in [3.8, 4) is 11.3 Å². The number of carboxylic acid groups (broad SMARTS) is 1. The Kier molecular flexibility index (Phi) is 3.15. The second kappa shape index (κ2) is 4.59. The Morgan fingerprint density at radius 3 is 2.65 bits per heavy atom. The highest BCUT2D eigenvalue weighted by molar-refractivity contribution is 6.30. The van der Waals surface area contributed by atoms with Gasteiger partial charge in [0.25, 0.3) is 0 Å². The van der Waals surface area contributed by atoms with Crippen molar-refractivity contribution >= 4 is 17.6 Å². The molecule has 88 valence electrons. The van der Waals surface area contributed by atoms with Gasteiger partial charge in [0.05, 0.1) is 0 Å². The molecule has 1 heterocycles. The van der Waals surface area contributed by atoms with Crippen LogP contribution >= 0.6 is 11.6 Å². The molecule has 0 aliphatic rings. The van der Waals surface area contributed by atoms with Gasteiger partial charge < -0.3 is 9.52 Å². The second-order valence-corrected chi connectivity index (χ2v) is 4.02. The maximum Gasteiger partial charge on any atom is 0.311 e. The summed E-state index contributed by atoms with van der Waals surface area (Å²) in [6.45, 7) is 1.69. The highest BCUT2D eigenvalue weighted by Crippen LogP contribution is 2.25. The number of rotatable bonds is 3. The molecule has 4 nitrogen and oxygen atoms in total. The van der Waals surface area contributed by atoms with Crippen molar-refractivity contribution in [1.82, 2.24) is 4.98 Å². The molecule has 0 bridgehead atoms. The first kappa shape index (κ1) is 11.7. The van der Waals surface area contributed by atoms with E-state index in [1.54, 1.807) is 31.2 Å². The van der Waals surface area contributed by atoms with Crippen LogP contribution in [0.1, 0.15) is 11.7 Å². The maximum absolute atomic E-state index is 10.7. The molecule has 2 rings (SSSR count). The van der Waals surface area contributed by atoms with E-state index < -0.39 is 5.97 Å². The topological polar surface area (TPSA) is 63.3 Å². The van der Waals surface area contributed by atoms with Crippen LogP contribution in [-0.4, -0.2) is 16.1 Å². The minimum absolute atomic E-state index is 0.182. The van der Waals surface area contributed by atoms with Gasteiger partial charge in [-0.05, 0) is 12.1 Å². The average Bonchev–Trinajstić information content (AvgIpc) is 2.59. The molecule has 5 heteroatoms. The summed E-state index contributed by atoms with van der Waals surface area (Å²) < 4.78 is 5.29. The van der Waals surface area contributed by atoms with Crippen LogP contribution in [0.3, 0.4) is 0 Å². The molecule has 0 fully saturated rings. The lowest BCUT2D eigenvalue weighted by atomic mass is 10.1. The van der Waals surface area contributed by atoms with Gasteiger partial charge in [0, 0.05) is 17.5 Å². The number of carbonyl (C=O) groups is 1. The fourth-order valence-electron chi connectivity index (χ4n) is 1.56. The Morgan fingerprint density at radius 1 is 1.41 bits per heavy atom. The lowest BCUT2D eigenvalue weighted by Crippen LogP contribution is -2.00. The molecule has 0 atom stereocenters. The van der Waals surface area contributed by atoms with Crippen LogP contribution in [0.25, 0.3) is 11.3 Å². The van der Waals surface area contributed by atoms with Crippen LogP contribution in [0, 0.1) is 6.92 Å². The Morgan fingerprint density at radius 2 is 2.06 bits per heavy atom. The third-order valence-corrected chi connectivity index (χ3v) is 2.49. The molecule has 0 unspecified atom stereocenters. The minimum Gasteiger partial charge on any atom is -0.481 e. The molecule has 17 heavy (non-hydrogen) atoms. The SMILES string of the molecule is Cc1nc(-c2ccc(Cl)cc2)c(CC(=O)O)o1. The maximum atomic E-state index is 10.7. The number of oxazole rings is 1. The first-order chi connectivity index (χ1) is 8.06. The van der Waals surface area contributed by atoms with Crippen molar-refractivity contribution in [3.05, 3.63) is 40.9 Å². The van der Waals surface area contributed by atoms with Gasteiger partial charge in [-0.1, -0.05) is 23.7 Å². The summed E-state index contributed by atoms with van der Waals surface area (Å²) in [6, 6.07) is 7.02. The summed E-state index contributed by atoms with van der Waals surface area (Å²) in [6.07, 6.45) is -0.182. The van der Waals surface area contributed by atoms with Crippen molar-refractivity contribution in [3.63, 3.8) is 0 Å². The van der Waals surface area contributed by atoms with Crippen molar-refractivity contribution in [2.45, 2.75) is 13.3 Å². The molecule has 0 amide bonds. The number of benzene rings is 1. The number of aromatic nitrogens is 1. The minimum atomic E-state index is -0.948. The molecule has 1 aromatic carbocycles. The van der Waals surface area contributed by atoms with E-state index >= 15 is 0 Å². The molecular formula is C12H10ClNO3. The van der Waals surface area contributed by atoms with Gasteiger partial charge in [-0.2, -0.15) is 0 Å². The van der Waals surface area contributed by atoms with Crippen LogP contribution in [-0.2, 0) is 11.2 Å². The molecule has 1 aromatic heterocycles. The number of carboxylic acids is 1. The summed E-state index contributed by atoms with van der Waals surface area (Å²) in [7, 11) is 0. The number of aryl methyl sites for hydroxylation is 1. The largest absolute Gasteiger partial charge is 0.481 e. The molecule has 0 aliphatic heterocycles. The number of aliphatic carboxylic acids is 1. The highest BCUT2D eigenvalue weighted by Gasteiger charge is 2.15. The first-order valence-corrected chi connectivity index (χ1v) is 5.38. The molecule has 0 aliphatic carbocycles. The van der Waals surface area contributed by atoms with E-state index in [4.69, 9.17) is 21.1 Å². The Balaban J connectivity index is 2.43. The van der Waals surface area contributed by atoms with E-state index in [1.807, 2.05) is 0 Å². The molecule has 0 saturated heterocycles. The van der Waals surface area contributed by atoms with Crippen LogP contribution in [0.4, 0.5) is 0 Å².